The van der Waals surface area contributed by atoms with E-state index in [0.29, 0.717) is 11.6 Å². The Bertz CT molecular complexity index is 607. The molecule has 1 aliphatic heterocycles. The van der Waals surface area contributed by atoms with E-state index >= 15 is 0 Å². The van der Waals surface area contributed by atoms with Crippen LogP contribution in [-0.4, -0.2) is 11.7 Å². The number of carbonyl (C=O) groups excluding carboxylic acids is 1. The van der Waals surface area contributed by atoms with Crippen LogP contribution in [0.1, 0.15) is 42.4 Å². The van der Waals surface area contributed by atoms with Crippen molar-refractivity contribution in [2.24, 2.45) is 10.9 Å². The van der Waals surface area contributed by atoms with Crippen LogP contribution in [0.2, 0.25) is 0 Å². The highest BCUT2D eigenvalue weighted by molar-refractivity contribution is 6.15. The molecule has 0 unspecified atom stereocenters. The van der Waals surface area contributed by atoms with Gasteiger partial charge in [-0.3, -0.25) is 4.79 Å². The van der Waals surface area contributed by atoms with Crippen LogP contribution in [0.4, 0.5) is 0 Å². The molecule has 0 radical (unpaired) electrons. The maximum absolute atomic E-state index is 12.0. The van der Waals surface area contributed by atoms with Gasteiger partial charge in [0.1, 0.15) is 11.5 Å². The normalized spacial score (nSPS) is 21.4. The standard InChI is InChI=1S/C17H20N2O/c1-11-7-8-12(2)14(9-11)10-15-17(20)19-16(18-15)13-5-3-4-6-13/h7-10,13H,3-6H2,1-2H3,(H,18,19,20)/b15-10+. The zero-order valence-corrected chi connectivity index (χ0v) is 12.1. The fourth-order valence-corrected chi connectivity index (χ4v) is 2.94. The number of rotatable bonds is 2. The number of amides is 1. The zero-order valence-electron chi connectivity index (χ0n) is 12.1. The molecule has 1 aromatic rings. The predicted molar refractivity (Wildman–Crippen MR) is 81.4 cm³/mol. The smallest absolute Gasteiger partial charge is 0.275 e. The van der Waals surface area contributed by atoms with Gasteiger partial charge in [-0.05, 0) is 43.9 Å². The summed E-state index contributed by atoms with van der Waals surface area (Å²) in [7, 11) is 0. The lowest BCUT2D eigenvalue weighted by atomic mass is 10.0. The zero-order chi connectivity index (χ0) is 14.1. The summed E-state index contributed by atoms with van der Waals surface area (Å²) in [4.78, 5) is 16.6. The Morgan fingerprint density at radius 2 is 2.00 bits per heavy atom. The molecule has 3 nitrogen and oxygen atoms in total. The van der Waals surface area contributed by atoms with E-state index in [9.17, 15) is 4.79 Å². The second-order valence-corrected chi connectivity index (χ2v) is 5.82. The first kappa shape index (κ1) is 13.1. The summed E-state index contributed by atoms with van der Waals surface area (Å²) in [6, 6.07) is 6.26. The maximum atomic E-state index is 12.0. The van der Waals surface area contributed by atoms with Crippen molar-refractivity contribution in [1.29, 1.82) is 0 Å². The van der Waals surface area contributed by atoms with Gasteiger partial charge < -0.3 is 5.32 Å². The van der Waals surface area contributed by atoms with Gasteiger partial charge in [-0.25, -0.2) is 4.99 Å². The topological polar surface area (TPSA) is 41.5 Å². The molecule has 1 N–H and O–H groups in total. The summed E-state index contributed by atoms with van der Waals surface area (Å²) in [5, 5.41) is 2.94. The van der Waals surface area contributed by atoms with Crippen LogP contribution in [0.3, 0.4) is 0 Å². The van der Waals surface area contributed by atoms with Gasteiger partial charge in [-0.15, -0.1) is 0 Å². The van der Waals surface area contributed by atoms with Crippen LogP contribution in [-0.2, 0) is 4.79 Å². The second kappa shape index (κ2) is 5.23. The van der Waals surface area contributed by atoms with E-state index < -0.39 is 0 Å². The Hall–Kier alpha value is -1.90. The molecule has 3 heteroatoms. The average molecular weight is 268 g/mol. The molecule has 1 aliphatic carbocycles. The molecule has 0 spiro atoms. The van der Waals surface area contributed by atoms with Crippen molar-refractivity contribution >= 4 is 17.8 Å². The van der Waals surface area contributed by atoms with Gasteiger partial charge in [-0.1, -0.05) is 36.6 Å². The van der Waals surface area contributed by atoms with Crippen LogP contribution in [0.25, 0.3) is 6.08 Å². The minimum absolute atomic E-state index is 0.0622. The minimum atomic E-state index is -0.0622. The summed E-state index contributed by atoms with van der Waals surface area (Å²) >= 11 is 0. The Labute approximate surface area is 119 Å². The first-order valence-corrected chi connectivity index (χ1v) is 7.32. The third-order valence-corrected chi connectivity index (χ3v) is 4.18. The van der Waals surface area contributed by atoms with Crippen molar-refractivity contribution in [3.63, 3.8) is 0 Å². The van der Waals surface area contributed by atoms with Crippen molar-refractivity contribution in [1.82, 2.24) is 5.32 Å². The number of amidine groups is 1. The summed E-state index contributed by atoms with van der Waals surface area (Å²) in [6.07, 6.45) is 6.69. The number of aryl methyl sites for hydroxylation is 2. The lowest BCUT2D eigenvalue weighted by Crippen LogP contribution is -2.29. The van der Waals surface area contributed by atoms with Crippen molar-refractivity contribution < 1.29 is 4.79 Å². The van der Waals surface area contributed by atoms with Gasteiger partial charge in [0.05, 0.1) is 0 Å². The van der Waals surface area contributed by atoms with E-state index in [1.54, 1.807) is 0 Å². The number of nitrogens with one attached hydrogen (secondary N) is 1. The number of benzene rings is 1. The molecular weight excluding hydrogens is 248 g/mol. The van der Waals surface area contributed by atoms with Gasteiger partial charge in [0.2, 0.25) is 0 Å². The lowest BCUT2D eigenvalue weighted by Gasteiger charge is -2.06. The Morgan fingerprint density at radius 3 is 2.75 bits per heavy atom. The fourth-order valence-electron chi connectivity index (χ4n) is 2.94. The van der Waals surface area contributed by atoms with Crippen LogP contribution in [0.5, 0.6) is 0 Å². The van der Waals surface area contributed by atoms with Crippen LogP contribution < -0.4 is 5.32 Å². The van der Waals surface area contributed by atoms with E-state index in [4.69, 9.17) is 0 Å². The van der Waals surface area contributed by atoms with E-state index in [2.05, 4.69) is 42.4 Å². The summed E-state index contributed by atoms with van der Waals surface area (Å²) in [5.41, 5.74) is 3.98. The Balaban J connectivity index is 1.90. The highest BCUT2D eigenvalue weighted by Crippen LogP contribution is 2.28. The average Bonchev–Trinajstić information content (AvgIpc) is 3.04. The SMILES string of the molecule is Cc1ccc(C)c(/C=C2/N=C(C3CCCC3)NC2=O)c1. The lowest BCUT2D eigenvalue weighted by molar-refractivity contribution is -0.115. The van der Waals surface area contributed by atoms with Crippen LogP contribution >= 0.6 is 0 Å². The van der Waals surface area contributed by atoms with E-state index in [0.717, 1.165) is 24.2 Å². The highest BCUT2D eigenvalue weighted by Gasteiger charge is 2.28. The minimum Gasteiger partial charge on any atom is -0.308 e. The number of nitrogens with zero attached hydrogens (tertiary/aromatic N) is 1. The van der Waals surface area contributed by atoms with E-state index in [-0.39, 0.29) is 5.91 Å². The number of hydrogen-bond acceptors (Lipinski definition) is 2. The van der Waals surface area contributed by atoms with Gasteiger partial charge in [0, 0.05) is 5.92 Å². The molecule has 0 saturated heterocycles. The molecule has 1 saturated carbocycles. The summed E-state index contributed by atoms with van der Waals surface area (Å²) < 4.78 is 0. The first-order valence-electron chi connectivity index (χ1n) is 7.32. The molecule has 2 aliphatic rings. The van der Waals surface area contributed by atoms with E-state index in [1.165, 1.54) is 24.0 Å². The highest BCUT2D eigenvalue weighted by atomic mass is 16.2. The molecule has 0 bridgehead atoms. The molecule has 0 atom stereocenters. The quantitative estimate of drug-likeness (QED) is 0.821. The van der Waals surface area contributed by atoms with Crippen molar-refractivity contribution in [2.75, 3.05) is 0 Å². The largest absolute Gasteiger partial charge is 0.308 e. The van der Waals surface area contributed by atoms with Gasteiger partial charge >= 0.3 is 0 Å². The van der Waals surface area contributed by atoms with Gasteiger partial charge in [0.15, 0.2) is 0 Å². The molecule has 20 heavy (non-hydrogen) atoms. The number of aliphatic imine (C=N–C) groups is 1. The van der Waals surface area contributed by atoms with Crippen molar-refractivity contribution in [3.8, 4) is 0 Å². The molecule has 1 aromatic carbocycles. The molecule has 104 valence electrons. The van der Waals surface area contributed by atoms with Crippen LogP contribution in [0, 0.1) is 19.8 Å². The molecule has 1 amide bonds. The monoisotopic (exact) mass is 268 g/mol. The fraction of sp³-hybridized carbons (Fsp3) is 0.412. The van der Waals surface area contributed by atoms with Crippen molar-refractivity contribution in [3.05, 3.63) is 40.6 Å². The Morgan fingerprint density at radius 1 is 1.25 bits per heavy atom. The molecule has 1 heterocycles. The number of hydrogen-bond donors (Lipinski definition) is 1. The van der Waals surface area contributed by atoms with Gasteiger partial charge in [-0.2, -0.15) is 0 Å². The third kappa shape index (κ3) is 2.53. The van der Waals surface area contributed by atoms with Crippen LogP contribution in [0.15, 0.2) is 28.9 Å². The molecular formula is C17H20N2O. The maximum Gasteiger partial charge on any atom is 0.275 e. The molecule has 0 aromatic heterocycles. The molecule has 3 rings (SSSR count). The summed E-state index contributed by atoms with van der Waals surface area (Å²) in [5.74, 6) is 1.26. The summed E-state index contributed by atoms with van der Waals surface area (Å²) in [6.45, 7) is 4.11. The van der Waals surface area contributed by atoms with Crippen molar-refractivity contribution in [2.45, 2.75) is 39.5 Å². The van der Waals surface area contributed by atoms with E-state index in [1.807, 2.05) is 6.08 Å². The Kier molecular flexibility index (Phi) is 3.43. The third-order valence-electron chi connectivity index (χ3n) is 4.18. The second-order valence-electron chi connectivity index (χ2n) is 5.82. The first-order chi connectivity index (χ1) is 9.63. The molecule has 1 fully saturated rings. The predicted octanol–water partition coefficient (Wildman–Crippen LogP) is 3.36. The number of carbonyl (C=O) groups is 1. The van der Waals surface area contributed by atoms with Gasteiger partial charge in [0.25, 0.3) is 5.91 Å².